The van der Waals surface area contributed by atoms with Crippen LogP contribution in [0.1, 0.15) is 29.3 Å². The lowest BCUT2D eigenvalue weighted by molar-refractivity contribution is -0.00172. The molecule has 0 saturated carbocycles. The predicted octanol–water partition coefficient (Wildman–Crippen LogP) is 2.63. The number of methoxy groups -OCH3 is 1. The lowest BCUT2D eigenvalue weighted by Crippen LogP contribution is -2.46. The van der Waals surface area contributed by atoms with Gasteiger partial charge in [0.1, 0.15) is 5.82 Å². The van der Waals surface area contributed by atoms with Crippen molar-refractivity contribution in [3.8, 4) is 0 Å². The Balaban J connectivity index is 2.18. The van der Waals surface area contributed by atoms with Gasteiger partial charge in [0.15, 0.2) is 0 Å². The fraction of sp³-hybridized carbons (Fsp3) is 0.533. The van der Waals surface area contributed by atoms with E-state index in [2.05, 4.69) is 6.92 Å². The van der Waals surface area contributed by atoms with E-state index in [0.717, 1.165) is 12.0 Å². The van der Waals surface area contributed by atoms with Crippen LogP contribution in [0.2, 0.25) is 0 Å². The van der Waals surface area contributed by atoms with Crippen molar-refractivity contribution in [1.29, 1.82) is 0 Å². The predicted molar refractivity (Wildman–Crippen MR) is 71.6 cm³/mol. The first kappa shape index (κ1) is 14.0. The molecule has 1 fully saturated rings. The van der Waals surface area contributed by atoms with E-state index in [1.165, 1.54) is 6.07 Å². The summed E-state index contributed by atoms with van der Waals surface area (Å²) in [6.45, 7) is 5.16. The molecule has 1 aromatic carbocycles. The van der Waals surface area contributed by atoms with Crippen molar-refractivity contribution < 1.29 is 13.9 Å². The van der Waals surface area contributed by atoms with Gasteiger partial charge in [-0.15, -0.1) is 0 Å². The minimum Gasteiger partial charge on any atom is -0.379 e. The summed E-state index contributed by atoms with van der Waals surface area (Å²) < 4.78 is 19.1. The van der Waals surface area contributed by atoms with Gasteiger partial charge in [0.05, 0.1) is 11.7 Å². The number of benzene rings is 1. The third-order valence-electron chi connectivity index (χ3n) is 3.83. The second-order valence-corrected chi connectivity index (χ2v) is 5.27. The smallest absolute Gasteiger partial charge is 0.256 e. The summed E-state index contributed by atoms with van der Waals surface area (Å²) in [7, 11) is 1.66. The number of ether oxygens (including phenoxy) is 1. The van der Waals surface area contributed by atoms with Gasteiger partial charge < -0.3 is 9.64 Å². The second kappa shape index (κ2) is 5.70. The number of rotatable bonds is 2. The molecule has 1 heterocycles. The van der Waals surface area contributed by atoms with Gasteiger partial charge in [-0.2, -0.15) is 0 Å². The van der Waals surface area contributed by atoms with Gasteiger partial charge in [-0.3, -0.25) is 4.79 Å². The summed E-state index contributed by atoms with van der Waals surface area (Å²) in [4.78, 5) is 14.1. The van der Waals surface area contributed by atoms with Gasteiger partial charge in [0.2, 0.25) is 0 Å². The summed E-state index contributed by atoms with van der Waals surface area (Å²) in [6, 6.07) is 4.63. The van der Waals surface area contributed by atoms with Gasteiger partial charge in [0, 0.05) is 20.2 Å². The van der Waals surface area contributed by atoms with Gasteiger partial charge in [-0.1, -0.05) is 18.6 Å². The number of halogens is 1. The molecule has 4 heteroatoms. The molecule has 0 aliphatic carbocycles. The molecular formula is C15H20FNO2. The third-order valence-corrected chi connectivity index (χ3v) is 3.83. The van der Waals surface area contributed by atoms with E-state index in [4.69, 9.17) is 4.74 Å². The normalized spacial score (nSPS) is 23.5. The van der Waals surface area contributed by atoms with Gasteiger partial charge in [-0.25, -0.2) is 4.39 Å². The Morgan fingerprint density at radius 2 is 2.21 bits per heavy atom. The number of nitrogens with zero attached hydrogens (tertiary/aromatic N) is 1. The van der Waals surface area contributed by atoms with E-state index in [1.54, 1.807) is 24.1 Å². The number of carbonyl (C=O) groups is 1. The average Bonchev–Trinajstić information content (AvgIpc) is 2.41. The Kier molecular flexibility index (Phi) is 4.20. The van der Waals surface area contributed by atoms with Crippen molar-refractivity contribution in [2.24, 2.45) is 5.92 Å². The summed E-state index contributed by atoms with van der Waals surface area (Å²) >= 11 is 0. The van der Waals surface area contributed by atoms with Crippen molar-refractivity contribution in [3.05, 3.63) is 35.1 Å². The molecule has 2 rings (SSSR count). The molecular weight excluding hydrogens is 245 g/mol. The maximum atomic E-state index is 13.8. The molecule has 3 nitrogen and oxygen atoms in total. The number of piperidine rings is 1. The van der Waals surface area contributed by atoms with E-state index in [-0.39, 0.29) is 17.6 Å². The van der Waals surface area contributed by atoms with Crippen LogP contribution in [0, 0.1) is 18.7 Å². The minimum atomic E-state index is -0.455. The Morgan fingerprint density at radius 3 is 2.89 bits per heavy atom. The number of amides is 1. The molecule has 0 radical (unpaired) electrons. The first-order valence-corrected chi connectivity index (χ1v) is 6.61. The number of hydrogen-bond donors (Lipinski definition) is 0. The number of aryl methyl sites for hydroxylation is 1. The maximum absolute atomic E-state index is 13.8. The van der Waals surface area contributed by atoms with E-state index >= 15 is 0 Å². The van der Waals surface area contributed by atoms with Gasteiger partial charge >= 0.3 is 0 Å². The summed E-state index contributed by atoms with van der Waals surface area (Å²) in [5.41, 5.74) is 1.04. The number of carbonyl (C=O) groups excluding carboxylic acids is 1. The molecule has 1 aliphatic heterocycles. The van der Waals surface area contributed by atoms with Crippen molar-refractivity contribution in [3.63, 3.8) is 0 Å². The molecule has 1 amide bonds. The lowest BCUT2D eigenvalue weighted by Gasteiger charge is -2.36. The fourth-order valence-electron chi connectivity index (χ4n) is 2.50. The molecule has 1 saturated heterocycles. The van der Waals surface area contributed by atoms with E-state index < -0.39 is 5.82 Å². The maximum Gasteiger partial charge on any atom is 0.256 e. The zero-order valence-corrected chi connectivity index (χ0v) is 11.6. The van der Waals surface area contributed by atoms with Crippen LogP contribution in [0.15, 0.2) is 18.2 Å². The van der Waals surface area contributed by atoms with Crippen LogP contribution in [0.4, 0.5) is 4.39 Å². The molecule has 2 atom stereocenters. The number of likely N-dealkylation sites (tertiary alicyclic amines) is 1. The van der Waals surface area contributed by atoms with Crippen molar-refractivity contribution in [2.75, 3.05) is 20.2 Å². The molecule has 0 bridgehead atoms. The SMILES string of the molecule is COC1CN(C(=O)c2cc(C)ccc2F)CCC1C. The highest BCUT2D eigenvalue weighted by Gasteiger charge is 2.30. The van der Waals surface area contributed by atoms with Crippen molar-refractivity contribution in [2.45, 2.75) is 26.4 Å². The van der Waals surface area contributed by atoms with Crippen molar-refractivity contribution in [1.82, 2.24) is 4.90 Å². The van der Waals surface area contributed by atoms with Crippen LogP contribution >= 0.6 is 0 Å². The monoisotopic (exact) mass is 265 g/mol. The summed E-state index contributed by atoms with van der Waals surface area (Å²) in [5, 5.41) is 0. The second-order valence-electron chi connectivity index (χ2n) is 5.27. The Bertz CT molecular complexity index is 475. The van der Waals surface area contributed by atoms with E-state index in [9.17, 15) is 9.18 Å². The average molecular weight is 265 g/mol. The zero-order valence-electron chi connectivity index (χ0n) is 11.6. The third kappa shape index (κ3) is 2.95. The Hall–Kier alpha value is -1.42. The van der Waals surface area contributed by atoms with Crippen LogP contribution in [0.25, 0.3) is 0 Å². The minimum absolute atomic E-state index is 0.0329. The molecule has 0 spiro atoms. The molecule has 1 aromatic rings. The van der Waals surface area contributed by atoms with E-state index in [1.807, 2.05) is 6.92 Å². The zero-order chi connectivity index (χ0) is 14.0. The van der Waals surface area contributed by atoms with Crippen LogP contribution in [-0.2, 0) is 4.74 Å². The molecule has 104 valence electrons. The first-order valence-electron chi connectivity index (χ1n) is 6.61. The van der Waals surface area contributed by atoms with Crippen molar-refractivity contribution >= 4 is 5.91 Å². The molecule has 1 aliphatic rings. The highest BCUT2D eigenvalue weighted by Crippen LogP contribution is 2.22. The lowest BCUT2D eigenvalue weighted by atomic mass is 9.95. The van der Waals surface area contributed by atoms with Crippen LogP contribution in [0.3, 0.4) is 0 Å². The van der Waals surface area contributed by atoms with Crippen LogP contribution in [0.5, 0.6) is 0 Å². The van der Waals surface area contributed by atoms with Crippen LogP contribution in [-0.4, -0.2) is 37.1 Å². The molecule has 2 unspecified atom stereocenters. The largest absolute Gasteiger partial charge is 0.379 e. The summed E-state index contributed by atoms with van der Waals surface area (Å²) in [6.07, 6.45) is 0.920. The quantitative estimate of drug-likeness (QED) is 0.822. The topological polar surface area (TPSA) is 29.5 Å². The Morgan fingerprint density at radius 1 is 1.47 bits per heavy atom. The Labute approximate surface area is 113 Å². The highest BCUT2D eigenvalue weighted by molar-refractivity contribution is 5.94. The van der Waals surface area contributed by atoms with Crippen LogP contribution < -0.4 is 0 Å². The molecule has 0 aromatic heterocycles. The highest BCUT2D eigenvalue weighted by atomic mass is 19.1. The molecule has 0 N–H and O–H groups in total. The molecule has 19 heavy (non-hydrogen) atoms. The fourth-order valence-corrected chi connectivity index (χ4v) is 2.50. The standard InChI is InChI=1S/C15H20FNO2/c1-10-4-5-13(16)12(8-10)15(18)17-7-6-11(2)14(9-17)19-3/h4-5,8,11,14H,6-7,9H2,1-3H3. The first-order chi connectivity index (χ1) is 9.02. The van der Waals surface area contributed by atoms with E-state index in [0.29, 0.717) is 19.0 Å². The summed E-state index contributed by atoms with van der Waals surface area (Å²) in [5.74, 6) is -0.269. The van der Waals surface area contributed by atoms with Gasteiger partial charge in [-0.05, 0) is 31.4 Å². The van der Waals surface area contributed by atoms with Gasteiger partial charge in [0.25, 0.3) is 5.91 Å². The number of hydrogen-bond acceptors (Lipinski definition) is 2.